The summed E-state index contributed by atoms with van der Waals surface area (Å²) in [4.78, 5) is 38.6. The number of amides is 1. The van der Waals surface area contributed by atoms with Gasteiger partial charge in [-0.25, -0.2) is 0 Å². The summed E-state index contributed by atoms with van der Waals surface area (Å²) in [5, 5.41) is 0. The minimum absolute atomic E-state index is 0.0146. The van der Waals surface area contributed by atoms with Crippen molar-refractivity contribution in [3.63, 3.8) is 0 Å². The summed E-state index contributed by atoms with van der Waals surface area (Å²) in [5.74, 6) is 0.288. The molecule has 3 heterocycles. The molecule has 5 rings (SSSR count). The Labute approximate surface area is 196 Å². The second kappa shape index (κ2) is 10.0. The zero-order chi connectivity index (χ0) is 22.6. The van der Waals surface area contributed by atoms with Crippen LogP contribution >= 0.6 is 0 Å². The fraction of sp³-hybridized carbons (Fsp3) is 0.500. The Hall–Kier alpha value is -2.77. The van der Waals surface area contributed by atoms with Crippen LogP contribution in [0.4, 0.5) is 5.69 Å². The van der Waals surface area contributed by atoms with Crippen molar-refractivity contribution in [3.05, 3.63) is 59.9 Å². The first kappa shape index (κ1) is 22.0. The number of carbonyl (C=O) groups excluding carboxylic acids is 2. The molecule has 7 heteroatoms. The number of anilines is 1. The lowest BCUT2D eigenvalue weighted by Crippen LogP contribution is -2.56. The van der Waals surface area contributed by atoms with Crippen LogP contribution in [0.5, 0.6) is 0 Å². The molecule has 0 radical (unpaired) electrons. The van der Waals surface area contributed by atoms with E-state index in [-0.39, 0.29) is 11.7 Å². The van der Waals surface area contributed by atoms with Gasteiger partial charge in [0, 0.05) is 87.6 Å². The van der Waals surface area contributed by atoms with Gasteiger partial charge in [0.05, 0.1) is 6.54 Å². The van der Waals surface area contributed by atoms with E-state index in [1.165, 1.54) is 19.3 Å². The van der Waals surface area contributed by atoms with Gasteiger partial charge in [0.25, 0.3) is 0 Å². The maximum absolute atomic E-state index is 12.8. The van der Waals surface area contributed by atoms with E-state index in [2.05, 4.69) is 24.6 Å². The Kier molecular flexibility index (Phi) is 6.69. The van der Waals surface area contributed by atoms with Crippen molar-refractivity contribution in [2.45, 2.75) is 25.3 Å². The average Bonchev–Trinajstić information content (AvgIpc) is 2.84. The number of ketones is 1. The predicted octanol–water partition coefficient (Wildman–Crippen LogP) is 2.13. The Morgan fingerprint density at radius 2 is 1.42 bits per heavy atom. The first-order valence-electron chi connectivity index (χ1n) is 12.2. The highest BCUT2D eigenvalue weighted by Gasteiger charge is 2.30. The third-order valence-corrected chi connectivity index (χ3v) is 7.43. The van der Waals surface area contributed by atoms with Crippen molar-refractivity contribution in [3.8, 4) is 0 Å². The molecule has 1 aliphatic carbocycles. The van der Waals surface area contributed by atoms with E-state index < -0.39 is 0 Å². The molecular weight excluding hydrogens is 414 g/mol. The lowest BCUT2D eigenvalue weighted by atomic mass is 9.91. The van der Waals surface area contributed by atoms with Gasteiger partial charge in [0.1, 0.15) is 0 Å². The summed E-state index contributed by atoms with van der Waals surface area (Å²) < 4.78 is 0. The number of carbonyl (C=O) groups is 2. The van der Waals surface area contributed by atoms with Crippen LogP contribution in [-0.4, -0.2) is 96.3 Å². The highest BCUT2D eigenvalue weighted by Crippen LogP contribution is 2.25. The average molecular weight is 448 g/mol. The van der Waals surface area contributed by atoms with Gasteiger partial charge in [0.15, 0.2) is 5.78 Å². The maximum Gasteiger partial charge on any atom is 0.236 e. The van der Waals surface area contributed by atoms with Crippen LogP contribution in [-0.2, 0) is 4.79 Å². The molecule has 2 aromatic rings. The Balaban J connectivity index is 1.08. The summed E-state index contributed by atoms with van der Waals surface area (Å²) in [6.45, 7) is 7.88. The van der Waals surface area contributed by atoms with Gasteiger partial charge in [-0.05, 0) is 49.2 Å². The molecule has 0 N–H and O–H groups in total. The summed E-state index contributed by atoms with van der Waals surface area (Å²) in [6.07, 6.45) is 7.32. The Bertz CT molecular complexity index is 944. The SMILES string of the molecule is O=C(c1ccncc1)c1ccc(N2CCN(CC(=O)N3CCN(C4CCC4)CC3)CC2)cc1. The van der Waals surface area contributed by atoms with E-state index in [1.54, 1.807) is 24.5 Å². The normalized spacial score (nSPS) is 20.5. The first-order chi connectivity index (χ1) is 16.2. The number of nitrogens with zero attached hydrogens (tertiary/aromatic N) is 5. The minimum atomic E-state index is 0.0146. The fourth-order valence-corrected chi connectivity index (χ4v) is 5.04. The van der Waals surface area contributed by atoms with Crippen LogP contribution in [0.25, 0.3) is 0 Å². The minimum Gasteiger partial charge on any atom is -0.369 e. The Morgan fingerprint density at radius 3 is 2.03 bits per heavy atom. The molecule has 0 atom stereocenters. The van der Waals surface area contributed by atoms with Crippen molar-refractivity contribution < 1.29 is 9.59 Å². The molecule has 174 valence electrons. The summed E-state index contributed by atoms with van der Waals surface area (Å²) >= 11 is 0. The molecule has 1 saturated carbocycles. The summed E-state index contributed by atoms with van der Waals surface area (Å²) in [7, 11) is 0. The van der Waals surface area contributed by atoms with Gasteiger partial charge in [0.2, 0.25) is 5.91 Å². The van der Waals surface area contributed by atoms with Crippen LogP contribution in [0.3, 0.4) is 0 Å². The highest BCUT2D eigenvalue weighted by atomic mass is 16.2. The second-order valence-electron chi connectivity index (χ2n) is 9.38. The first-order valence-corrected chi connectivity index (χ1v) is 12.2. The zero-order valence-corrected chi connectivity index (χ0v) is 19.2. The molecular formula is C26H33N5O2. The predicted molar refractivity (Wildman–Crippen MR) is 129 cm³/mol. The zero-order valence-electron chi connectivity index (χ0n) is 19.2. The van der Waals surface area contributed by atoms with Gasteiger partial charge < -0.3 is 9.80 Å². The topological polar surface area (TPSA) is 60.0 Å². The smallest absolute Gasteiger partial charge is 0.236 e. The fourth-order valence-electron chi connectivity index (χ4n) is 5.04. The monoisotopic (exact) mass is 447 g/mol. The molecule has 7 nitrogen and oxygen atoms in total. The number of pyridine rings is 1. The molecule has 1 aromatic heterocycles. The second-order valence-corrected chi connectivity index (χ2v) is 9.38. The van der Waals surface area contributed by atoms with E-state index in [0.29, 0.717) is 17.7 Å². The Morgan fingerprint density at radius 1 is 0.788 bits per heavy atom. The lowest BCUT2D eigenvalue weighted by Gasteiger charge is -2.43. The van der Waals surface area contributed by atoms with Crippen LogP contribution in [0.2, 0.25) is 0 Å². The van der Waals surface area contributed by atoms with Gasteiger partial charge in [-0.15, -0.1) is 0 Å². The highest BCUT2D eigenvalue weighted by molar-refractivity contribution is 6.09. The van der Waals surface area contributed by atoms with Crippen molar-refractivity contribution >= 4 is 17.4 Å². The van der Waals surface area contributed by atoms with Crippen LogP contribution in [0.15, 0.2) is 48.8 Å². The van der Waals surface area contributed by atoms with Crippen molar-refractivity contribution in [1.29, 1.82) is 0 Å². The lowest BCUT2D eigenvalue weighted by molar-refractivity contribution is -0.134. The quantitative estimate of drug-likeness (QED) is 0.633. The molecule has 2 aliphatic heterocycles. The standard InChI is InChI=1S/C26H33N5O2/c32-25(31-18-16-30(17-19-31)23-2-1-3-23)20-28-12-14-29(15-13-28)24-6-4-21(5-7-24)26(33)22-8-10-27-11-9-22/h4-11,23H,1-3,12-20H2. The molecule has 3 fully saturated rings. The van der Waals surface area contributed by atoms with Crippen LogP contribution in [0.1, 0.15) is 35.2 Å². The van der Waals surface area contributed by atoms with Crippen molar-refractivity contribution in [1.82, 2.24) is 19.7 Å². The van der Waals surface area contributed by atoms with E-state index in [0.717, 1.165) is 64.1 Å². The number of hydrogen-bond donors (Lipinski definition) is 0. The number of rotatable bonds is 6. The molecule has 3 aliphatic rings. The van der Waals surface area contributed by atoms with Gasteiger partial charge in [-0.2, -0.15) is 0 Å². The van der Waals surface area contributed by atoms with E-state index >= 15 is 0 Å². The number of hydrogen-bond acceptors (Lipinski definition) is 6. The van der Waals surface area contributed by atoms with Crippen LogP contribution in [0, 0.1) is 0 Å². The molecule has 0 spiro atoms. The van der Waals surface area contributed by atoms with E-state index in [1.807, 2.05) is 24.3 Å². The molecule has 1 amide bonds. The number of aromatic nitrogens is 1. The summed E-state index contributed by atoms with van der Waals surface area (Å²) in [5.41, 5.74) is 2.46. The summed E-state index contributed by atoms with van der Waals surface area (Å²) in [6, 6.07) is 12.1. The molecule has 2 saturated heterocycles. The van der Waals surface area contributed by atoms with Crippen molar-refractivity contribution in [2.75, 3.05) is 63.8 Å². The van der Waals surface area contributed by atoms with Crippen molar-refractivity contribution in [2.24, 2.45) is 0 Å². The van der Waals surface area contributed by atoms with Gasteiger partial charge in [-0.3, -0.25) is 24.4 Å². The molecule has 33 heavy (non-hydrogen) atoms. The van der Waals surface area contributed by atoms with E-state index in [9.17, 15) is 9.59 Å². The molecule has 1 aromatic carbocycles. The van der Waals surface area contributed by atoms with Crippen LogP contribution < -0.4 is 4.90 Å². The third-order valence-electron chi connectivity index (χ3n) is 7.43. The van der Waals surface area contributed by atoms with Gasteiger partial charge >= 0.3 is 0 Å². The van der Waals surface area contributed by atoms with E-state index in [4.69, 9.17) is 0 Å². The molecule has 0 unspecified atom stereocenters. The van der Waals surface area contributed by atoms with Gasteiger partial charge in [-0.1, -0.05) is 6.42 Å². The third kappa shape index (κ3) is 5.09. The number of benzene rings is 1. The maximum atomic E-state index is 12.8. The number of piperazine rings is 2. The largest absolute Gasteiger partial charge is 0.369 e. The molecule has 0 bridgehead atoms.